The van der Waals surface area contributed by atoms with Gasteiger partial charge in [0.2, 0.25) is 6.41 Å². The van der Waals surface area contributed by atoms with E-state index in [0.29, 0.717) is 10.6 Å². The van der Waals surface area contributed by atoms with Gasteiger partial charge in [0.15, 0.2) is 0 Å². The molecule has 0 spiro atoms. The van der Waals surface area contributed by atoms with E-state index in [1.165, 1.54) is 0 Å². The van der Waals surface area contributed by atoms with Crippen molar-refractivity contribution in [2.24, 2.45) is 5.73 Å². The molecule has 4 N–H and O–H groups in total. The second kappa shape index (κ2) is 5.82. The van der Waals surface area contributed by atoms with Crippen molar-refractivity contribution in [2.45, 2.75) is 25.5 Å². The first-order valence-corrected chi connectivity index (χ1v) is 5.40. The van der Waals surface area contributed by atoms with Gasteiger partial charge < -0.3 is 14.9 Å². The maximum atomic E-state index is 9.91. The maximum Gasteiger partial charge on any atom is 0.211 e. The molecule has 0 saturated heterocycles. The van der Waals surface area contributed by atoms with Gasteiger partial charge in [-0.3, -0.25) is 5.73 Å². The van der Waals surface area contributed by atoms with Crippen molar-refractivity contribution in [1.82, 2.24) is 0 Å². The third-order valence-corrected chi connectivity index (χ3v) is 2.93. The molecule has 1 aromatic rings. The fraction of sp³-hybridized carbons (Fsp3) is 0.400. The van der Waals surface area contributed by atoms with Crippen LogP contribution >= 0.6 is 23.2 Å². The number of halogens is 2. The second-order valence-corrected chi connectivity index (χ2v) is 4.10. The van der Waals surface area contributed by atoms with E-state index in [4.69, 9.17) is 38.8 Å². The topological polar surface area (TPSA) is 75.7 Å². The van der Waals surface area contributed by atoms with Crippen molar-refractivity contribution in [3.05, 3.63) is 33.8 Å². The summed E-state index contributed by atoms with van der Waals surface area (Å²) in [5, 5.41) is 19.3. The van der Waals surface area contributed by atoms with Gasteiger partial charge in [0.1, 0.15) is 6.10 Å². The molecule has 0 radical (unpaired) electrons. The van der Waals surface area contributed by atoms with Gasteiger partial charge >= 0.3 is 0 Å². The fourth-order valence-electron chi connectivity index (χ4n) is 1.30. The van der Waals surface area contributed by atoms with Crippen LogP contribution in [0.5, 0.6) is 0 Å². The largest absolute Gasteiger partial charge is 0.386 e. The first-order valence-electron chi connectivity index (χ1n) is 4.64. The van der Waals surface area contributed by atoms with E-state index in [2.05, 4.69) is 0 Å². The number of aliphatic hydroxyl groups excluding tert-OH is 2. The van der Waals surface area contributed by atoms with Crippen LogP contribution in [0.15, 0.2) is 18.2 Å². The van der Waals surface area contributed by atoms with Gasteiger partial charge in [-0.1, -0.05) is 35.3 Å². The Hall–Kier alpha value is -0.360. The molecule has 0 aliphatic carbocycles. The van der Waals surface area contributed by atoms with Crippen molar-refractivity contribution in [2.75, 3.05) is 0 Å². The van der Waals surface area contributed by atoms with E-state index < -0.39 is 18.6 Å². The molecule has 0 aromatic heterocycles. The zero-order chi connectivity index (χ0) is 12.3. The summed E-state index contributed by atoms with van der Waals surface area (Å²) in [6, 6.07) is 4.91. The van der Waals surface area contributed by atoms with Crippen LogP contribution in [0.4, 0.5) is 0 Å². The van der Waals surface area contributed by atoms with Gasteiger partial charge in [-0.15, -0.1) is 0 Å². The summed E-state index contributed by atoms with van der Waals surface area (Å²) in [6.07, 6.45) is -3.15. The molecule has 6 heteroatoms. The molecule has 0 saturated carbocycles. The van der Waals surface area contributed by atoms with E-state index in [9.17, 15) is 5.11 Å². The predicted molar refractivity (Wildman–Crippen MR) is 62.2 cm³/mol. The summed E-state index contributed by atoms with van der Waals surface area (Å²) in [4.78, 5) is 0. The number of rotatable bonds is 4. The first kappa shape index (κ1) is 13.7. The van der Waals surface area contributed by atoms with Crippen LogP contribution in [0, 0.1) is 0 Å². The van der Waals surface area contributed by atoms with Crippen LogP contribution in [0.2, 0.25) is 10.0 Å². The molecule has 4 nitrogen and oxygen atoms in total. The standard InChI is InChI=1S/C10H13Cl2NO3/c1-5(16-10(13)15)9(14)6-3-2-4-7(11)8(6)12/h2-5,9-10,14-15H,13H2,1H3. The van der Waals surface area contributed by atoms with E-state index in [1.807, 2.05) is 0 Å². The fourth-order valence-corrected chi connectivity index (χ4v) is 1.72. The van der Waals surface area contributed by atoms with Crippen molar-refractivity contribution < 1.29 is 14.9 Å². The van der Waals surface area contributed by atoms with Crippen molar-refractivity contribution in [3.8, 4) is 0 Å². The SMILES string of the molecule is CC(OC(N)O)C(O)c1cccc(Cl)c1Cl. The monoisotopic (exact) mass is 265 g/mol. The van der Waals surface area contributed by atoms with Crippen LogP contribution in [-0.4, -0.2) is 22.7 Å². The summed E-state index contributed by atoms with van der Waals surface area (Å²) in [7, 11) is 0. The highest BCUT2D eigenvalue weighted by Crippen LogP contribution is 2.31. The molecule has 0 aliphatic rings. The van der Waals surface area contributed by atoms with Crippen molar-refractivity contribution >= 4 is 23.2 Å². The quantitative estimate of drug-likeness (QED) is 0.724. The molecule has 1 aromatic carbocycles. The second-order valence-electron chi connectivity index (χ2n) is 3.32. The Balaban J connectivity index is 2.87. The van der Waals surface area contributed by atoms with Crippen LogP contribution < -0.4 is 5.73 Å². The lowest BCUT2D eigenvalue weighted by molar-refractivity contribution is -0.156. The van der Waals surface area contributed by atoms with Gasteiger partial charge in [-0.25, -0.2) is 0 Å². The van der Waals surface area contributed by atoms with E-state index in [1.54, 1.807) is 25.1 Å². The molecule has 3 atom stereocenters. The Morgan fingerprint density at radius 3 is 2.50 bits per heavy atom. The third kappa shape index (κ3) is 3.31. The third-order valence-electron chi connectivity index (χ3n) is 2.10. The van der Waals surface area contributed by atoms with Gasteiger partial charge in [-0.05, 0) is 13.0 Å². The Bertz CT molecular complexity index is 360. The smallest absolute Gasteiger partial charge is 0.211 e. The number of hydrogen-bond acceptors (Lipinski definition) is 4. The molecular formula is C10H13Cl2NO3. The van der Waals surface area contributed by atoms with E-state index in [0.717, 1.165) is 0 Å². The Kier molecular flexibility index (Phi) is 4.98. The van der Waals surface area contributed by atoms with E-state index >= 15 is 0 Å². The van der Waals surface area contributed by atoms with Crippen LogP contribution in [-0.2, 0) is 4.74 Å². The molecule has 0 amide bonds. The summed E-state index contributed by atoms with van der Waals surface area (Å²) >= 11 is 11.7. The number of nitrogens with two attached hydrogens (primary N) is 1. The lowest BCUT2D eigenvalue weighted by Gasteiger charge is -2.22. The van der Waals surface area contributed by atoms with Gasteiger partial charge in [0, 0.05) is 5.56 Å². The molecule has 0 aliphatic heterocycles. The summed E-state index contributed by atoms with van der Waals surface area (Å²) in [5.41, 5.74) is 5.47. The molecule has 0 bridgehead atoms. The number of hydrogen-bond donors (Lipinski definition) is 3. The molecular weight excluding hydrogens is 253 g/mol. The summed E-state index contributed by atoms with van der Waals surface area (Å²) in [6.45, 7) is 1.57. The van der Waals surface area contributed by atoms with Gasteiger partial charge in [0.25, 0.3) is 0 Å². The minimum atomic E-state index is -1.44. The predicted octanol–water partition coefficient (Wildman–Crippen LogP) is 1.67. The minimum Gasteiger partial charge on any atom is -0.386 e. The van der Waals surface area contributed by atoms with Gasteiger partial charge in [0.05, 0.1) is 16.1 Å². The Labute approximate surface area is 104 Å². The number of aliphatic hydroxyl groups is 2. The lowest BCUT2D eigenvalue weighted by atomic mass is 10.1. The average Bonchev–Trinajstić information content (AvgIpc) is 2.20. The van der Waals surface area contributed by atoms with Crippen LogP contribution in [0.25, 0.3) is 0 Å². The number of benzene rings is 1. The van der Waals surface area contributed by atoms with E-state index in [-0.39, 0.29) is 5.02 Å². The van der Waals surface area contributed by atoms with Gasteiger partial charge in [-0.2, -0.15) is 0 Å². The first-order chi connectivity index (χ1) is 7.43. The maximum absolute atomic E-state index is 9.91. The molecule has 16 heavy (non-hydrogen) atoms. The van der Waals surface area contributed by atoms with Crippen LogP contribution in [0.1, 0.15) is 18.6 Å². The molecule has 0 heterocycles. The van der Waals surface area contributed by atoms with Crippen LogP contribution in [0.3, 0.4) is 0 Å². The normalized spacial score (nSPS) is 16.9. The molecule has 3 unspecified atom stereocenters. The zero-order valence-corrected chi connectivity index (χ0v) is 10.1. The summed E-state index contributed by atoms with van der Waals surface area (Å²) < 4.78 is 4.84. The minimum absolute atomic E-state index is 0.263. The van der Waals surface area contributed by atoms with Crippen molar-refractivity contribution in [1.29, 1.82) is 0 Å². The highest BCUT2D eigenvalue weighted by molar-refractivity contribution is 6.42. The summed E-state index contributed by atoms with van der Waals surface area (Å²) in [5.74, 6) is 0. The zero-order valence-electron chi connectivity index (χ0n) is 8.60. The Morgan fingerprint density at radius 1 is 1.31 bits per heavy atom. The molecule has 0 fully saturated rings. The Morgan fingerprint density at radius 2 is 1.94 bits per heavy atom. The highest BCUT2D eigenvalue weighted by Gasteiger charge is 2.21. The lowest BCUT2D eigenvalue weighted by Crippen LogP contribution is -2.31. The van der Waals surface area contributed by atoms with Crippen molar-refractivity contribution in [3.63, 3.8) is 0 Å². The number of ether oxygens (including phenoxy) is 1. The average molecular weight is 266 g/mol. The molecule has 90 valence electrons. The molecule has 1 rings (SSSR count). The highest BCUT2D eigenvalue weighted by atomic mass is 35.5.